The maximum atomic E-state index is 11.7. The van der Waals surface area contributed by atoms with Gasteiger partial charge in [0.2, 0.25) is 0 Å². The van der Waals surface area contributed by atoms with Crippen molar-refractivity contribution in [3.8, 4) is 0 Å². The van der Waals surface area contributed by atoms with Crippen molar-refractivity contribution < 1.29 is 14.6 Å². The molecule has 0 heterocycles. The van der Waals surface area contributed by atoms with E-state index in [4.69, 9.17) is 9.84 Å². The van der Waals surface area contributed by atoms with Gasteiger partial charge < -0.3 is 20.5 Å². The van der Waals surface area contributed by atoms with Crippen LogP contribution in [-0.2, 0) is 4.74 Å². The third kappa shape index (κ3) is 7.18. The first kappa shape index (κ1) is 16.2. The van der Waals surface area contributed by atoms with Crippen molar-refractivity contribution in [3.63, 3.8) is 0 Å². The van der Waals surface area contributed by atoms with Crippen molar-refractivity contribution in [1.82, 2.24) is 10.6 Å². The number of nitrogens with one attached hydrogen (secondary N) is 2. The summed E-state index contributed by atoms with van der Waals surface area (Å²) in [5, 5.41) is 14.7. The lowest BCUT2D eigenvalue weighted by atomic mass is 9.95. The third-order valence-corrected chi connectivity index (χ3v) is 2.99. The number of carbonyl (C=O) groups is 1. The second kappa shape index (κ2) is 8.31. The minimum Gasteiger partial charge on any atom is -0.396 e. The molecule has 0 radical (unpaired) electrons. The minimum atomic E-state index is -0.347. The zero-order valence-corrected chi connectivity index (χ0v) is 11.4. The summed E-state index contributed by atoms with van der Waals surface area (Å²) in [6.07, 6.45) is 2.13. The summed E-state index contributed by atoms with van der Waals surface area (Å²) < 4.78 is 4.95. The Hall–Kier alpha value is -0.810. The number of methoxy groups -OCH3 is 1. The van der Waals surface area contributed by atoms with Gasteiger partial charge in [0, 0.05) is 31.9 Å². The Balaban J connectivity index is 4.06. The molecule has 2 unspecified atom stereocenters. The Morgan fingerprint density at radius 2 is 2.18 bits per heavy atom. The van der Waals surface area contributed by atoms with Gasteiger partial charge in [0.25, 0.3) is 0 Å². The normalized spacial score (nSPS) is 16.1. The molecule has 5 heteroatoms. The zero-order chi connectivity index (χ0) is 13.3. The van der Waals surface area contributed by atoms with E-state index in [2.05, 4.69) is 10.6 Å². The van der Waals surface area contributed by atoms with Crippen LogP contribution in [0, 0.1) is 0 Å². The molecule has 0 aromatic rings. The van der Waals surface area contributed by atoms with E-state index in [1.54, 1.807) is 7.11 Å². The second-order valence-electron chi connectivity index (χ2n) is 4.67. The molecule has 2 atom stereocenters. The highest BCUT2D eigenvalue weighted by Crippen LogP contribution is 2.13. The molecule has 0 spiro atoms. The van der Waals surface area contributed by atoms with Crippen LogP contribution in [0.5, 0.6) is 0 Å². The molecule has 102 valence electrons. The number of hydrogen-bond donors (Lipinski definition) is 3. The lowest BCUT2D eigenvalue weighted by Gasteiger charge is -2.29. The summed E-state index contributed by atoms with van der Waals surface area (Å²) in [6, 6.07) is -0.114. The number of rotatable bonds is 8. The summed E-state index contributed by atoms with van der Waals surface area (Å²) in [4.78, 5) is 11.7. The van der Waals surface area contributed by atoms with Crippen LogP contribution >= 0.6 is 0 Å². The van der Waals surface area contributed by atoms with Crippen LogP contribution in [0.4, 0.5) is 4.79 Å². The molecule has 0 rings (SSSR count). The van der Waals surface area contributed by atoms with Crippen LogP contribution in [0.15, 0.2) is 0 Å². The fraction of sp³-hybridized carbons (Fsp3) is 0.917. The smallest absolute Gasteiger partial charge is 0.315 e. The summed E-state index contributed by atoms with van der Waals surface area (Å²) >= 11 is 0. The Morgan fingerprint density at radius 3 is 2.65 bits per heavy atom. The third-order valence-electron chi connectivity index (χ3n) is 2.99. The molecule has 2 amide bonds. The van der Waals surface area contributed by atoms with E-state index < -0.39 is 0 Å². The standard InChI is InChI=1S/C12H26N2O3/c1-5-12(3,7-8-15)14-11(16)13-10(2)6-9-17-4/h10,15H,5-9H2,1-4H3,(H2,13,14,16). The number of carbonyl (C=O) groups excluding carboxylic acids is 1. The largest absolute Gasteiger partial charge is 0.396 e. The Labute approximate surface area is 104 Å². The molecule has 0 aromatic carbocycles. The molecule has 0 fully saturated rings. The highest BCUT2D eigenvalue weighted by molar-refractivity contribution is 5.75. The first-order chi connectivity index (χ1) is 7.97. The first-order valence-corrected chi connectivity index (χ1v) is 6.16. The molecule has 0 aliphatic carbocycles. The number of amides is 2. The number of ether oxygens (including phenoxy) is 1. The fourth-order valence-corrected chi connectivity index (χ4v) is 1.48. The Kier molecular flexibility index (Phi) is 7.91. The minimum absolute atomic E-state index is 0.0733. The first-order valence-electron chi connectivity index (χ1n) is 6.16. The quantitative estimate of drug-likeness (QED) is 0.604. The lowest BCUT2D eigenvalue weighted by Crippen LogP contribution is -2.52. The molecule has 0 bridgehead atoms. The van der Waals surface area contributed by atoms with Crippen LogP contribution in [-0.4, -0.2) is 43.0 Å². The second-order valence-corrected chi connectivity index (χ2v) is 4.67. The van der Waals surface area contributed by atoms with Gasteiger partial charge in [-0.2, -0.15) is 0 Å². The van der Waals surface area contributed by atoms with E-state index in [1.165, 1.54) is 0 Å². The molecule has 5 nitrogen and oxygen atoms in total. The van der Waals surface area contributed by atoms with E-state index in [-0.39, 0.29) is 24.2 Å². The number of aliphatic hydroxyl groups is 1. The fourth-order valence-electron chi connectivity index (χ4n) is 1.48. The molecule has 0 aliphatic heterocycles. The highest BCUT2D eigenvalue weighted by Gasteiger charge is 2.23. The van der Waals surface area contributed by atoms with Crippen LogP contribution < -0.4 is 10.6 Å². The van der Waals surface area contributed by atoms with Gasteiger partial charge in [0.1, 0.15) is 0 Å². The predicted octanol–water partition coefficient (Wildman–Crippen LogP) is 1.26. The van der Waals surface area contributed by atoms with Gasteiger partial charge in [-0.3, -0.25) is 0 Å². The maximum absolute atomic E-state index is 11.7. The van der Waals surface area contributed by atoms with Crippen molar-refractivity contribution in [2.24, 2.45) is 0 Å². The highest BCUT2D eigenvalue weighted by atomic mass is 16.5. The van der Waals surface area contributed by atoms with Crippen molar-refractivity contribution >= 4 is 6.03 Å². The molecule has 0 aliphatic rings. The summed E-state index contributed by atoms with van der Waals surface area (Å²) in [5.41, 5.74) is -0.347. The van der Waals surface area contributed by atoms with Gasteiger partial charge in [-0.25, -0.2) is 4.79 Å². The predicted molar refractivity (Wildman–Crippen MR) is 68.0 cm³/mol. The summed E-state index contributed by atoms with van der Waals surface area (Å²) in [5.74, 6) is 0. The molecule has 0 saturated carbocycles. The van der Waals surface area contributed by atoms with Crippen LogP contribution in [0.2, 0.25) is 0 Å². The molecular formula is C12H26N2O3. The molecule has 17 heavy (non-hydrogen) atoms. The van der Waals surface area contributed by atoms with Crippen molar-refractivity contribution in [2.75, 3.05) is 20.3 Å². The zero-order valence-electron chi connectivity index (χ0n) is 11.4. The Morgan fingerprint density at radius 1 is 1.53 bits per heavy atom. The van der Waals surface area contributed by atoms with Gasteiger partial charge in [0.05, 0.1) is 0 Å². The molecule has 0 saturated heterocycles. The average molecular weight is 246 g/mol. The lowest BCUT2D eigenvalue weighted by molar-refractivity contribution is 0.179. The van der Waals surface area contributed by atoms with Crippen LogP contribution in [0.25, 0.3) is 0 Å². The van der Waals surface area contributed by atoms with Crippen molar-refractivity contribution in [3.05, 3.63) is 0 Å². The van der Waals surface area contributed by atoms with E-state index in [9.17, 15) is 4.79 Å². The number of hydrogen-bond acceptors (Lipinski definition) is 3. The summed E-state index contributed by atoms with van der Waals surface area (Å²) in [6.45, 7) is 6.56. The van der Waals surface area contributed by atoms with Gasteiger partial charge >= 0.3 is 6.03 Å². The van der Waals surface area contributed by atoms with Crippen LogP contribution in [0.1, 0.15) is 40.0 Å². The van der Waals surface area contributed by atoms with E-state index in [0.29, 0.717) is 13.0 Å². The summed E-state index contributed by atoms with van der Waals surface area (Å²) in [7, 11) is 1.64. The average Bonchev–Trinajstić information content (AvgIpc) is 2.26. The topological polar surface area (TPSA) is 70.6 Å². The monoisotopic (exact) mass is 246 g/mol. The van der Waals surface area contributed by atoms with Crippen molar-refractivity contribution in [1.29, 1.82) is 0 Å². The molecule has 3 N–H and O–H groups in total. The van der Waals surface area contributed by atoms with Gasteiger partial charge in [-0.15, -0.1) is 0 Å². The van der Waals surface area contributed by atoms with Crippen molar-refractivity contribution in [2.45, 2.75) is 51.6 Å². The van der Waals surface area contributed by atoms with E-state index >= 15 is 0 Å². The van der Waals surface area contributed by atoms with Crippen LogP contribution in [0.3, 0.4) is 0 Å². The van der Waals surface area contributed by atoms with E-state index in [1.807, 2.05) is 20.8 Å². The SMILES string of the molecule is CCC(C)(CCO)NC(=O)NC(C)CCOC. The van der Waals surface area contributed by atoms with Gasteiger partial charge in [-0.1, -0.05) is 6.92 Å². The van der Waals surface area contributed by atoms with E-state index in [0.717, 1.165) is 12.8 Å². The number of aliphatic hydroxyl groups excluding tert-OH is 1. The number of urea groups is 1. The molecule has 0 aromatic heterocycles. The van der Waals surface area contributed by atoms with Gasteiger partial charge in [-0.05, 0) is 33.1 Å². The maximum Gasteiger partial charge on any atom is 0.315 e. The van der Waals surface area contributed by atoms with Gasteiger partial charge in [0.15, 0.2) is 0 Å². The Bertz CT molecular complexity index is 224. The molecular weight excluding hydrogens is 220 g/mol.